The van der Waals surface area contributed by atoms with E-state index in [-0.39, 0.29) is 0 Å². The summed E-state index contributed by atoms with van der Waals surface area (Å²) in [6.07, 6.45) is 4.46. The predicted molar refractivity (Wildman–Crippen MR) is 54.3 cm³/mol. The van der Waals surface area contributed by atoms with Crippen molar-refractivity contribution in [1.82, 2.24) is 4.90 Å². The second-order valence-electron chi connectivity index (χ2n) is 4.33. The zero-order chi connectivity index (χ0) is 9.19. The van der Waals surface area contributed by atoms with Crippen molar-refractivity contribution in [2.75, 3.05) is 20.1 Å². The molecule has 2 rings (SSSR count). The summed E-state index contributed by atoms with van der Waals surface area (Å²) in [7, 11) is 2.23. The van der Waals surface area contributed by atoms with Crippen LogP contribution in [0.3, 0.4) is 0 Å². The molecule has 1 nitrogen and oxygen atoms in total. The van der Waals surface area contributed by atoms with Crippen LogP contribution in [0.15, 0.2) is 0 Å². The number of rotatable bonds is 0. The first-order chi connectivity index (χ1) is 5.73. The van der Waals surface area contributed by atoms with E-state index in [0.29, 0.717) is 0 Å². The molecule has 1 saturated heterocycles. The molecule has 0 bridgehead atoms. The van der Waals surface area contributed by atoms with Crippen LogP contribution in [0, 0.1) is 11.3 Å². The van der Waals surface area contributed by atoms with E-state index >= 15 is 0 Å². The van der Waals surface area contributed by atoms with Crippen LogP contribution in [-0.4, -0.2) is 25.0 Å². The van der Waals surface area contributed by atoms with E-state index in [1.54, 1.807) is 0 Å². The molecule has 0 unspecified atom stereocenters. The fraction of sp³-hybridized carbons (Fsp3) is 1.00. The molecule has 1 heteroatoms. The Balaban J connectivity index is 0.000000336. The third kappa shape index (κ3) is 1.52. The Hall–Kier alpha value is -0.0400. The fourth-order valence-corrected chi connectivity index (χ4v) is 2.81. The van der Waals surface area contributed by atoms with Gasteiger partial charge in [-0.2, -0.15) is 0 Å². The molecule has 1 saturated carbocycles. The molecule has 0 aromatic heterocycles. The number of nitrogens with zero attached hydrogens (tertiary/aromatic N) is 1. The van der Waals surface area contributed by atoms with Crippen molar-refractivity contribution in [2.24, 2.45) is 11.3 Å². The van der Waals surface area contributed by atoms with E-state index in [1.165, 1.54) is 32.4 Å². The van der Waals surface area contributed by atoms with E-state index in [1.807, 2.05) is 13.8 Å². The summed E-state index contributed by atoms with van der Waals surface area (Å²) in [6.45, 7) is 9.17. The van der Waals surface area contributed by atoms with Gasteiger partial charge in [-0.05, 0) is 24.8 Å². The van der Waals surface area contributed by atoms with E-state index in [9.17, 15) is 0 Å². The van der Waals surface area contributed by atoms with Crippen molar-refractivity contribution in [3.05, 3.63) is 0 Å². The van der Waals surface area contributed by atoms with Crippen molar-refractivity contribution in [3.8, 4) is 0 Å². The van der Waals surface area contributed by atoms with Crippen LogP contribution in [0.2, 0.25) is 0 Å². The summed E-state index contributed by atoms with van der Waals surface area (Å²) < 4.78 is 0. The third-order valence-electron chi connectivity index (χ3n) is 3.53. The van der Waals surface area contributed by atoms with Gasteiger partial charge < -0.3 is 4.90 Å². The molecule has 0 N–H and O–H groups in total. The summed E-state index contributed by atoms with van der Waals surface area (Å²) in [4.78, 5) is 2.45. The minimum atomic E-state index is 0.773. The molecular formula is C11H23N. The van der Waals surface area contributed by atoms with Crippen LogP contribution in [0.5, 0.6) is 0 Å². The van der Waals surface area contributed by atoms with Crippen LogP contribution in [0.4, 0.5) is 0 Å². The van der Waals surface area contributed by atoms with E-state index in [4.69, 9.17) is 0 Å². The molecule has 1 spiro atoms. The molecule has 0 amide bonds. The number of hydrogen-bond acceptors (Lipinski definition) is 1. The van der Waals surface area contributed by atoms with Gasteiger partial charge in [-0.25, -0.2) is 0 Å². The lowest BCUT2D eigenvalue weighted by molar-refractivity contribution is -0.00516. The van der Waals surface area contributed by atoms with Gasteiger partial charge in [-0.1, -0.05) is 33.6 Å². The molecule has 1 heterocycles. The van der Waals surface area contributed by atoms with E-state index < -0.39 is 0 Å². The van der Waals surface area contributed by atoms with Gasteiger partial charge in [-0.15, -0.1) is 0 Å². The first kappa shape index (κ1) is 10.0. The second-order valence-corrected chi connectivity index (χ2v) is 4.33. The fourth-order valence-electron chi connectivity index (χ4n) is 2.81. The maximum atomic E-state index is 2.45. The number of likely N-dealkylation sites (tertiary alicyclic amines) is 1. The van der Waals surface area contributed by atoms with Gasteiger partial charge >= 0.3 is 0 Å². The monoisotopic (exact) mass is 169 g/mol. The van der Waals surface area contributed by atoms with Gasteiger partial charge in [0.2, 0.25) is 0 Å². The highest BCUT2D eigenvalue weighted by Gasteiger charge is 2.47. The van der Waals surface area contributed by atoms with Crippen LogP contribution in [-0.2, 0) is 0 Å². The standard InChI is InChI=1S/C9H17N.C2H6/c1-8-4-3-5-9(8)6-10(2)7-9;1-2/h8H,3-7H2,1-2H3;1-2H3/t8-;/m0./s1. The Bertz CT molecular complexity index is 136. The van der Waals surface area contributed by atoms with Crippen molar-refractivity contribution < 1.29 is 0 Å². The molecule has 72 valence electrons. The third-order valence-corrected chi connectivity index (χ3v) is 3.53. The summed E-state index contributed by atoms with van der Waals surface area (Å²) in [5.74, 6) is 1.00. The highest BCUT2D eigenvalue weighted by Crippen LogP contribution is 2.48. The van der Waals surface area contributed by atoms with Gasteiger partial charge in [-0.3, -0.25) is 0 Å². The quantitative estimate of drug-likeness (QED) is 0.539. The molecule has 12 heavy (non-hydrogen) atoms. The predicted octanol–water partition coefficient (Wildman–Crippen LogP) is 2.76. The molecule has 0 aromatic carbocycles. The van der Waals surface area contributed by atoms with E-state index in [2.05, 4.69) is 18.9 Å². The Morgan fingerprint density at radius 2 is 1.83 bits per heavy atom. The smallest absolute Gasteiger partial charge is 0.00500 e. The Kier molecular flexibility index (Phi) is 3.16. The van der Waals surface area contributed by atoms with Crippen molar-refractivity contribution in [2.45, 2.75) is 40.0 Å². The van der Waals surface area contributed by atoms with Gasteiger partial charge in [0.1, 0.15) is 0 Å². The topological polar surface area (TPSA) is 3.24 Å². The molecule has 1 aliphatic carbocycles. The molecule has 1 aliphatic heterocycles. The van der Waals surface area contributed by atoms with Gasteiger partial charge in [0, 0.05) is 13.1 Å². The summed E-state index contributed by atoms with van der Waals surface area (Å²) in [5.41, 5.74) is 0.773. The molecule has 0 aromatic rings. The Morgan fingerprint density at radius 1 is 1.25 bits per heavy atom. The molecule has 2 fully saturated rings. The highest BCUT2D eigenvalue weighted by atomic mass is 15.2. The lowest BCUT2D eigenvalue weighted by Crippen LogP contribution is -2.55. The first-order valence-electron chi connectivity index (χ1n) is 5.41. The van der Waals surface area contributed by atoms with Crippen molar-refractivity contribution in [1.29, 1.82) is 0 Å². The molecular weight excluding hydrogens is 146 g/mol. The maximum absolute atomic E-state index is 2.45. The van der Waals surface area contributed by atoms with Crippen LogP contribution in [0.25, 0.3) is 0 Å². The molecule has 1 atom stereocenters. The normalized spacial score (nSPS) is 32.5. The van der Waals surface area contributed by atoms with Crippen LogP contribution < -0.4 is 0 Å². The zero-order valence-corrected chi connectivity index (χ0v) is 9.06. The van der Waals surface area contributed by atoms with Crippen LogP contribution >= 0.6 is 0 Å². The molecule has 0 radical (unpaired) electrons. The lowest BCUT2D eigenvalue weighted by atomic mass is 9.72. The Morgan fingerprint density at radius 3 is 2.17 bits per heavy atom. The zero-order valence-electron chi connectivity index (χ0n) is 9.06. The van der Waals surface area contributed by atoms with Crippen molar-refractivity contribution >= 4 is 0 Å². The van der Waals surface area contributed by atoms with Gasteiger partial charge in [0.05, 0.1) is 0 Å². The molecule has 2 aliphatic rings. The first-order valence-corrected chi connectivity index (χ1v) is 5.41. The van der Waals surface area contributed by atoms with Gasteiger partial charge in [0.15, 0.2) is 0 Å². The average Bonchev–Trinajstić information content (AvgIpc) is 2.37. The average molecular weight is 169 g/mol. The summed E-state index contributed by atoms with van der Waals surface area (Å²) in [5, 5.41) is 0. The minimum Gasteiger partial charge on any atom is -0.305 e. The minimum absolute atomic E-state index is 0.773. The Labute approximate surface area is 77.1 Å². The van der Waals surface area contributed by atoms with Gasteiger partial charge in [0.25, 0.3) is 0 Å². The number of hydrogen-bond donors (Lipinski definition) is 0. The van der Waals surface area contributed by atoms with Crippen LogP contribution in [0.1, 0.15) is 40.0 Å². The largest absolute Gasteiger partial charge is 0.305 e. The second kappa shape index (κ2) is 3.78. The van der Waals surface area contributed by atoms with Crippen molar-refractivity contribution in [3.63, 3.8) is 0 Å². The SMILES string of the molecule is CC.C[C@H]1CCCC12CN(C)C2. The van der Waals surface area contributed by atoms with E-state index in [0.717, 1.165) is 11.3 Å². The highest BCUT2D eigenvalue weighted by molar-refractivity contribution is 5.00. The maximum Gasteiger partial charge on any atom is 0.00500 e. The summed E-state index contributed by atoms with van der Waals surface area (Å²) in [6, 6.07) is 0. The lowest BCUT2D eigenvalue weighted by Gasteiger charge is -2.49. The summed E-state index contributed by atoms with van der Waals surface area (Å²) >= 11 is 0.